The lowest BCUT2D eigenvalue weighted by molar-refractivity contribution is -0.142. The lowest BCUT2D eigenvalue weighted by Crippen LogP contribution is -2.50. The second-order valence-corrected chi connectivity index (χ2v) is 9.76. The Kier molecular flexibility index (Phi) is 8.66. The molecule has 2 aromatic rings. The fourth-order valence-electron chi connectivity index (χ4n) is 4.18. The molecule has 0 aliphatic heterocycles. The summed E-state index contributed by atoms with van der Waals surface area (Å²) in [6.45, 7) is 7.73. The van der Waals surface area contributed by atoms with E-state index in [1.54, 1.807) is 25.1 Å². The molecule has 1 atom stereocenters. The molecule has 0 radical (unpaired) electrons. The van der Waals surface area contributed by atoms with Crippen molar-refractivity contribution in [2.75, 3.05) is 6.61 Å². The number of amides is 2. The third-order valence-electron chi connectivity index (χ3n) is 6.34. The van der Waals surface area contributed by atoms with Gasteiger partial charge in [0.15, 0.2) is 6.61 Å². The molecular formula is C26H32Cl2N2O3. The third kappa shape index (κ3) is 6.64. The van der Waals surface area contributed by atoms with Crippen molar-refractivity contribution in [3.05, 3.63) is 62.6 Å². The summed E-state index contributed by atoms with van der Waals surface area (Å²) in [6.07, 6.45) is 4.19. The maximum absolute atomic E-state index is 13.3. The van der Waals surface area contributed by atoms with Gasteiger partial charge in [0.25, 0.3) is 5.91 Å². The lowest BCUT2D eigenvalue weighted by atomic mass is 10.1. The summed E-state index contributed by atoms with van der Waals surface area (Å²) in [4.78, 5) is 27.8. The maximum Gasteiger partial charge on any atom is 0.261 e. The fraction of sp³-hybridized carbons (Fsp3) is 0.462. The van der Waals surface area contributed by atoms with Crippen molar-refractivity contribution in [3.8, 4) is 5.75 Å². The molecule has 0 bridgehead atoms. The Labute approximate surface area is 206 Å². The van der Waals surface area contributed by atoms with Crippen LogP contribution >= 0.6 is 23.2 Å². The summed E-state index contributed by atoms with van der Waals surface area (Å²) in [6, 6.07) is 8.64. The molecule has 0 heterocycles. The van der Waals surface area contributed by atoms with Crippen LogP contribution in [0.2, 0.25) is 10.0 Å². The van der Waals surface area contributed by atoms with Gasteiger partial charge in [-0.25, -0.2) is 0 Å². The number of aryl methyl sites for hydroxylation is 2. The van der Waals surface area contributed by atoms with Gasteiger partial charge in [0.1, 0.15) is 11.8 Å². The first-order valence-corrected chi connectivity index (χ1v) is 12.2. The molecule has 0 saturated heterocycles. The second-order valence-electron chi connectivity index (χ2n) is 8.92. The molecule has 0 aromatic heterocycles. The topological polar surface area (TPSA) is 58.6 Å². The Hall–Kier alpha value is -2.24. The highest BCUT2D eigenvalue weighted by molar-refractivity contribution is 6.35. The Morgan fingerprint density at radius 2 is 1.82 bits per heavy atom. The number of hydrogen-bond donors (Lipinski definition) is 1. The van der Waals surface area contributed by atoms with Crippen LogP contribution in [0.3, 0.4) is 0 Å². The first-order valence-electron chi connectivity index (χ1n) is 11.4. The number of carbonyl (C=O) groups excluding carboxylic acids is 2. The van der Waals surface area contributed by atoms with E-state index in [-0.39, 0.29) is 31.0 Å². The highest BCUT2D eigenvalue weighted by atomic mass is 35.5. The number of carbonyl (C=O) groups is 2. The van der Waals surface area contributed by atoms with Gasteiger partial charge in [-0.05, 0) is 81.0 Å². The standard InChI is InChI=1S/C26H32Cl2N2O3/c1-16-11-17(2)18(3)24(12-16)33-15-25(31)30(14-20-9-10-21(27)13-23(20)28)19(4)26(32)29-22-7-5-6-8-22/h9-13,19,22H,5-8,14-15H2,1-4H3,(H,29,32)/t19-/m1/s1. The Morgan fingerprint density at radius 1 is 1.12 bits per heavy atom. The number of benzene rings is 2. The highest BCUT2D eigenvalue weighted by Crippen LogP contribution is 2.25. The van der Waals surface area contributed by atoms with E-state index in [9.17, 15) is 9.59 Å². The Bertz CT molecular complexity index is 1020. The van der Waals surface area contributed by atoms with Gasteiger partial charge in [-0.1, -0.05) is 48.2 Å². The molecule has 1 N–H and O–H groups in total. The minimum atomic E-state index is -0.672. The summed E-state index contributed by atoms with van der Waals surface area (Å²) in [5, 5.41) is 4.06. The number of rotatable bonds is 8. The average molecular weight is 491 g/mol. The van der Waals surface area contributed by atoms with Crippen LogP contribution in [0.25, 0.3) is 0 Å². The molecule has 2 aromatic carbocycles. The van der Waals surface area contributed by atoms with E-state index in [0.717, 1.165) is 47.9 Å². The molecule has 1 aliphatic carbocycles. The van der Waals surface area contributed by atoms with Gasteiger partial charge in [-0.15, -0.1) is 0 Å². The van der Waals surface area contributed by atoms with E-state index >= 15 is 0 Å². The minimum Gasteiger partial charge on any atom is -0.483 e. The van der Waals surface area contributed by atoms with E-state index in [4.69, 9.17) is 27.9 Å². The lowest BCUT2D eigenvalue weighted by Gasteiger charge is -2.30. The van der Waals surface area contributed by atoms with Crippen molar-refractivity contribution in [2.45, 2.75) is 72.0 Å². The van der Waals surface area contributed by atoms with Crippen molar-refractivity contribution in [1.29, 1.82) is 0 Å². The summed E-state index contributed by atoms with van der Waals surface area (Å²) in [7, 11) is 0. The molecule has 178 valence electrons. The van der Waals surface area contributed by atoms with Crippen molar-refractivity contribution < 1.29 is 14.3 Å². The molecule has 0 unspecified atom stereocenters. The zero-order chi connectivity index (χ0) is 24.1. The van der Waals surface area contributed by atoms with Crippen LogP contribution in [0.5, 0.6) is 5.75 Å². The van der Waals surface area contributed by atoms with Gasteiger partial charge in [-0.2, -0.15) is 0 Å². The van der Waals surface area contributed by atoms with Gasteiger partial charge in [0.05, 0.1) is 0 Å². The van der Waals surface area contributed by atoms with E-state index in [0.29, 0.717) is 15.8 Å². The smallest absolute Gasteiger partial charge is 0.261 e. The van der Waals surface area contributed by atoms with Gasteiger partial charge < -0.3 is 15.0 Å². The molecule has 5 nitrogen and oxygen atoms in total. The number of halogens is 2. The van der Waals surface area contributed by atoms with Crippen LogP contribution < -0.4 is 10.1 Å². The summed E-state index contributed by atoms with van der Waals surface area (Å²) in [5.41, 5.74) is 3.88. The quantitative estimate of drug-likeness (QED) is 0.510. The number of ether oxygens (including phenoxy) is 1. The van der Waals surface area contributed by atoms with E-state index < -0.39 is 6.04 Å². The maximum atomic E-state index is 13.3. The largest absolute Gasteiger partial charge is 0.483 e. The number of hydrogen-bond acceptors (Lipinski definition) is 3. The average Bonchev–Trinajstić information content (AvgIpc) is 3.27. The van der Waals surface area contributed by atoms with E-state index in [1.807, 2.05) is 26.8 Å². The van der Waals surface area contributed by atoms with Crippen molar-refractivity contribution >= 4 is 35.0 Å². The molecule has 1 fully saturated rings. The van der Waals surface area contributed by atoms with Gasteiger partial charge in [-0.3, -0.25) is 9.59 Å². The van der Waals surface area contributed by atoms with E-state index in [2.05, 4.69) is 11.4 Å². The predicted octanol–water partition coefficient (Wildman–Crippen LogP) is 5.77. The van der Waals surface area contributed by atoms with Crippen LogP contribution in [-0.4, -0.2) is 35.4 Å². The number of nitrogens with zero attached hydrogens (tertiary/aromatic N) is 1. The van der Waals surface area contributed by atoms with Gasteiger partial charge >= 0.3 is 0 Å². The zero-order valence-electron chi connectivity index (χ0n) is 19.7. The molecular weight excluding hydrogens is 459 g/mol. The molecule has 0 spiro atoms. The fourth-order valence-corrected chi connectivity index (χ4v) is 4.65. The van der Waals surface area contributed by atoms with Crippen LogP contribution in [0.15, 0.2) is 30.3 Å². The molecule has 7 heteroatoms. The zero-order valence-corrected chi connectivity index (χ0v) is 21.2. The van der Waals surface area contributed by atoms with E-state index in [1.165, 1.54) is 4.90 Å². The monoisotopic (exact) mass is 490 g/mol. The molecule has 33 heavy (non-hydrogen) atoms. The molecule has 2 amide bonds. The van der Waals surface area contributed by atoms with Crippen molar-refractivity contribution in [1.82, 2.24) is 10.2 Å². The minimum absolute atomic E-state index is 0.164. The first-order chi connectivity index (χ1) is 15.7. The molecule has 3 rings (SSSR count). The Morgan fingerprint density at radius 3 is 2.48 bits per heavy atom. The molecule has 1 aliphatic rings. The van der Waals surface area contributed by atoms with Crippen molar-refractivity contribution in [3.63, 3.8) is 0 Å². The number of nitrogens with one attached hydrogen (secondary N) is 1. The van der Waals surface area contributed by atoms with Crippen molar-refractivity contribution in [2.24, 2.45) is 0 Å². The summed E-state index contributed by atoms with van der Waals surface area (Å²) in [5.74, 6) is 0.227. The summed E-state index contributed by atoms with van der Waals surface area (Å²) < 4.78 is 5.91. The van der Waals surface area contributed by atoms with Crippen LogP contribution in [0.4, 0.5) is 0 Å². The predicted molar refractivity (Wildman–Crippen MR) is 133 cm³/mol. The van der Waals surface area contributed by atoms with Gasteiger partial charge in [0, 0.05) is 22.6 Å². The second kappa shape index (κ2) is 11.3. The third-order valence-corrected chi connectivity index (χ3v) is 6.93. The summed E-state index contributed by atoms with van der Waals surface area (Å²) >= 11 is 12.4. The molecule has 1 saturated carbocycles. The van der Waals surface area contributed by atoms with Crippen LogP contribution in [0.1, 0.15) is 54.9 Å². The first kappa shape index (κ1) is 25.4. The van der Waals surface area contributed by atoms with Crippen LogP contribution in [-0.2, 0) is 16.1 Å². The van der Waals surface area contributed by atoms with Gasteiger partial charge in [0.2, 0.25) is 5.91 Å². The Balaban J connectivity index is 1.78. The normalized spacial score (nSPS) is 14.7. The van der Waals surface area contributed by atoms with Crippen LogP contribution in [0, 0.1) is 20.8 Å². The highest BCUT2D eigenvalue weighted by Gasteiger charge is 2.29. The SMILES string of the molecule is Cc1cc(C)c(C)c(OCC(=O)N(Cc2ccc(Cl)cc2Cl)[C@H](C)C(=O)NC2CCCC2)c1.